The third-order valence-corrected chi connectivity index (χ3v) is 4.08. The number of hydrogen-bond donors (Lipinski definition) is 0. The highest BCUT2D eigenvalue weighted by Crippen LogP contribution is 2.14. The second-order valence-corrected chi connectivity index (χ2v) is 7.57. The smallest absolute Gasteiger partial charge is 0.410 e. The Morgan fingerprint density at radius 3 is 2.09 bits per heavy atom. The lowest BCUT2D eigenvalue weighted by Crippen LogP contribution is -2.51. The highest BCUT2D eigenvalue weighted by molar-refractivity contribution is 9.10. The first-order chi connectivity index (χ1) is 10.7. The number of nitrogens with zero attached hydrogens (tertiary/aromatic N) is 2. The summed E-state index contributed by atoms with van der Waals surface area (Å²) in [5, 5.41) is 0. The number of amides is 2. The van der Waals surface area contributed by atoms with Gasteiger partial charge in [0.05, 0.1) is 6.42 Å². The number of rotatable bonds is 2. The van der Waals surface area contributed by atoms with Gasteiger partial charge in [-0.1, -0.05) is 28.1 Å². The minimum absolute atomic E-state index is 0.0937. The zero-order valence-corrected chi connectivity index (χ0v) is 15.4. The van der Waals surface area contributed by atoms with Crippen LogP contribution in [0.25, 0.3) is 0 Å². The SMILES string of the molecule is CC(C)(C)OC(=O)N1CCN(C(=O)Cc2ccc(Br)cc2)CC1. The molecule has 1 aromatic rings. The Morgan fingerprint density at radius 2 is 1.57 bits per heavy atom. The molecule has 2 rings (SSSR count). The van der Waals surface area contributed by atoms with Gasteiger partial charge in [-0.05, 0) is 38.5 Å². The summed E-state index contributed by atoms with van der Waals surface area (Å²) in [5.74, 6) is 0.0937. The molecule has 0 saturated carbocycles. The fourth-order valence-corrected chi connectivity index (χ4v) is 2.62. The number of halogens is 1. The van der Waals surface area contributed by atoms with Crippen molar-refractivity contribution < 1.29 is 14.3 Å². The molecule has 0 aliphatic carbocycles. The van der Waals surface area contributed by atoms with Crippen LogP contribution in [0.1, 0.15) is 26.3 Å². The number of ether oxygens (including phenoxy) is 1. The summed E-state index contributed by atoms with van der Waals surface area (Å²) in [6.45, 7) is 7.68. The first-order valence-electron chi connectivity index (χ1n) is 7.75. The van der Waals surface area contributed by atoms with Crippen LogP contribution in [0.4, 0.5) is 4.79 Å². The van der Waals surface area contributed by atoms with E-state index in [-0.39, 0.29) is 12.0 Å². The van der Waals surface area contributed by atoms with Crippen molar-refractivity contribution in [3.05, 3.63) is 34.3 Å². The molecule has 1 aliphatic heterocycles. The van der Waals surface area contributed by atoms with Crippen molar-refractivity contribution in [2.75, 3.05) is 26.2 Å². The van der Waals surface area contributed by atoms with E-state index < -0.39 is 5.60 Å². The number of piperazine rings is 1. The Balaban J connectivity index is 1.83. The molecule has 23 heavy (non-hydrogen) atoms. The van der Waals surface area contributed by atoms with Gasteiger partial charge in [-0.15, -0.1) is 0 Å². The molecule has 0 bridgehead atoms. The minimum atomic E-state index is -0.494. The van der Waals surface area contributed by atoms with E-state index in [1.165, 1.54) is 0 Å². The lowest BCUT2D eigenvalue weighted by Gasteiger charge is -2.35. The number of carbonyl (C=O) groups is 2. The Labute approximate surface area is 145 Å². The zero-order chi connectivity index (χ0) is 17.0. The van der Waals surface area contributed by atoms with Crippen molar-refractivity contribution in [2.24, 2.45) is 0 Å². The molecule has 0 radical (unpaired) electrons. The molecule has 1 aromatic carbocycles. The summed E-state index contributed by atoms with van der Waals surface area (Å²) in [7, 11) is 0. The fraction of sp³-hybridized carbons (Fsp3) is 0.529. The summed E-state index contributed by atoms with van der Waals surface area (Å²) in [6, 6.07) is 7.75. The largest absolute Gasteiger partial charge is 0.444 e. The molecule has 0 aromatic heterocycles. The second kappa shape index (κ2) is 7.34. The number of benzene rings is 1. The Hall–Kier alpha value is -1.56. The monoisotopic (exact) mass is 382 g/mol. The number of hydrogen-bond acceptors (Lipinski definition) is 3. The van der Waals surface area contributed by atoms with Crippen molar-refractivity contribution in [1.29, 1.82) is 0 Å². The van der Waals surface area contributed by atoms with Gasteiger partial charge < -0.3 is 14.5 Å². The van der Waals surface area contributed by atoms with Gasteiger partial charge >= 0.3 is 6.09 Å². The Morgan fingerprint density at radius 1 is 1.04 bits per heavy atom. The molecule has 1 fully saturated rings. The average molecular weight is 383 g/mol. The van der Waals surface area contributed by atoms with E-state index in [1.54, 1.807) is 4.90 Å². The van der Waals surface area contributed by atoms with Crippen LogP contribution in [0.2, 0.25) is 0 Å². The third-order valence-electron chi connectivity index (χ3n) is 3.55. The molecule has 0 unspecified atom stereocenters. The van der Waals surface area contributed by atoms with Crippen molar-refractivity contribution >= 4 is 27.9 Å². The molecule has 126 valence electrons. The van der Waals surface area contributed by atoms with Crippen molar-refractivity contribution in [3.8, 4) is 0 Å². The van der Waals surface area contributed by atoms with Crippen LogP contribution in [-0.4, -0.2) is 53.6 Å². The van der Waals surface area contributed by atoms with Gasteiger partial charge in [-0.3, -0.25) is 4.79 Å². The molecule has 0 atom stereocenters. The van der Waals surface area contributed by atoms with E-state index in [0.29, 0.717) is 32.6 Å². The summed E-state index contributed by atoms with van der Waals surface area (Å²) < 4.78 is 6.36. The van der Waals surface area contributed by atoms with Crippen LogP contribution in [0.15, 0.2) is 28.7 Å². The van der Waals surface area contributed by atoms with Gasteiger partial charge in [0, 0.05) is 30.7 Å². The maximum Gasteiger partial charge on any atom is 0.410 e. The zero-order valence-electron chi connectivity index (χ0n) is 13.8. The molecule has 0 N–H and O–H groups in total. The Bertz CT molecular complexity index is 558. The molecule has 6 heteroatoms. The average Bonchev–Trinajstić information content (AvgIpc) is 2.48. The van der Waals surface area contributed by atoms with Crippen molar-refractivity contribution in [1.82, 2.24) is 9.80 Å². The van der Waals surface area contributed by atoms with Gasteiger partial charge in [0.15, 0.2) is 0 Å². The summed E-state index contributed by atoms with van der Waals surface area (Å²) in [6.07, 6.45) is 0.0807. The van der Waals surface area contributed by atoms with Gasteiger partial charge in [0.2, 0.25) is 5.91 Å². The van der Waals surface area contributed by atoms with Crippen LogP contribution in [-0.2, 0) is 16.0 Å². The van der Waals surface area contributed by atoms with Crippen LogP contribution in [0.3, 0.4) is 0 Å². The quantitative estimate of drug-likeness (QED) is 0.789. The molecule has 1 aliphatic rings. The summed E-state index contributed by atoms with van der Waals surface area (Å²) in [4.78, 5) is 27.8. The molecule has 0 spiro atoms. The third kappa shape index (κ3) is 5.53. The molecule has 1 heterocycles. The maximum atomic E-state index is 12.3. The van der Waals surface area contributed by atoms with Crippen molar-refractivity contribution in [3.63, 3.8) is 0 Å². The van der Waals surface area contributed by atoms with Gasteiger partial charge in [0.1, 0.15) is 5.60 Å². The summed E-state index contributed by atoms with van der Waals surface area (Å²) in [5.41, 5.74) is 0.499. The van der Waals surface area contributed by atoms with Gasteiger partial charge in [-0.25, -0.2) is 4.79 Å². The topological polar surface area (TPSA) is 49.9 Å². The molecular weight excluding hydrogens is 360 g/mol. The van der Waals surface area contributed by atoms with Gasteiger partial charge in [0.25, 0.3) is 0 Å². The number of carbonyl (C=O) groups excluding carboxylic acids is 2. The normalized spacial score (nSPS) is 15.5. The predicted molar refractivity (Wildman–Crippen MR) is 92.2 cm³/mol. The van der Waals surface area contributed by atoms with Crippen molar-refractivity contribution in [2.45, 2.75) is 32.8 Å². The van der Waals surface area contributed by atoms with Gasteiger partial charge in [-0.2, -0.15) is 0 Å². The van der Waals surface area contributed by atoms with E-state index in [1.807, 2.05) is 49.9 Å². The fourth-order valence-electron chi connectivity index (χ4n) is 2.35. The van der Waals surface area contributed by atoms with Crippen LogP contribution >= 0.6 is 15.9 Å². The van der Waals surface area contributed by atoms with E-state index in [0.717, 1.165) is 10.0 Å². The highest BCUT2D eigenvalue weighted by atomic mass is 79.9. The van der Waals surface area contributed by atoms with Crippen LogP contribution in [0, 0.1) is 0 Å². The van der Waals surface area contributed by atoms with E-state index in [9.17, 15) is 9.59 Å². The van der Waals surface area contributed by atoms with E-state index in [4.69, 9.17) is 4.74 Å². The van der Waals surface area contributed by atoms with Crippen LogP contribution in [0.5, 0.6) is 0 Å². The highest BCUT2D eigenvalue weighted by Gasteiger charge is 2.27. The van der Waals surface area contributed by atoms with E-state index in [2.05, 4.69) is 15.9 Å². The lowest BCUT2D eigenvalue weighted by atomic mass is 10.1. The predicted octanol–water partition coefficient (Wildman–Crippen LogP) is 3.07. The molecule has 2 amide bonds. The lowest BCUT2D eigenvalue weighted by molar-refractivity contribution is -0.132. The minimum Gasteiger partial charge on any atom is -0.444 e. The van der Waals surface area contributed by atoms with Crippen LogP contribution < -0.4 is 0 Å². The second-order valence-electron chi connectivity index (χ2n) is 6.65. The Kier molecular flexibility index (Phi) is 5.68. The standard InChI is InChI=1S/C17H23BrN2O3/c1-17(2,3)23-16(22)20-10-8-19(9-11-20)15(21)12-13-4-6-14(18)7-5-13/h4-7H,8-12H2,1-3H3. The maximum absolute atomic E-state index is 12.3. The first-order valence-corrected chi connectivity index (χ1v) is 8.54. The summed E-state index contributed by atoms with van der Waals surface area (Å²) >= 11 is 3.38. The molecular formula is C17H23BrN2O3. The molecule has 5 nitrogen and oxygen atoms in total. The first kappa shape index (κ1) is 17.8. The molecule has 1 saturated heterocycles. The van der Waals surface area contributed by atoms with E-state index >= 15 is 0 Å².